The largest absolute Gasteiger partial charge is 0.416 e. The van der Waals surface area contributed by atoms with Gasteiger partial charge in [0.05, 0.1) is 5.34 Å². The molecule has 0 nitrogen and oxygen atoms in total. The van der Waals surface area contributed by atoms with Crippen LogP contribution in [-0.4, -0.2) is 18.2 Å². The molecule has 0 aliphatic rings. The predicted octanol–water partition coefficient (Wildman–Crippen LogP) is 2.94. The minimum atomic E-state index is -4.62. The summed E-state index contributed by atoms with van der Waals surface area (Å²) in [5, 5.41) is 0.194. The van der Waals surface area contributed by atoms with E-state index in [1.165, 1.54) is 0 Å². The van der Waals surface area contributed by atoms with E-state index in [4.69, 9.17) is 23.2 Å². The Morgan fingerprint density at radius 1 is 1.11 bits per heavy atom. The van der Waals surface area contributed by atoms with Crippen LogP contribution in [0, 0.1) is 0 Å². The van der Waals surface area contributed by atoms with Crippen LogP contribution < -0.4 is 0 Å². The van der Waals surface area contributed by atoms with Crippen molar-refractivity contribution >= 4 is 23.2 Å². The highest BCUT2D eigenvalue weighted by atomic mass is 35.5. The molecule has 0 amide bonds. The van der Waals surface area contributed by atoms with Crippen molar-refractivity contribution in [3.8, 4) is 0 Å². The molecule has 6 heteroatoms. The third-order valence-corrected chi connectivity index (χ3v) is 0.152. The van der Waals surface area contributed by atoms with Gasteiger partial charge < -0.3 is 0 Å². The molecule has 0 N–H and O–H groups in total. The second-order valence-corrected chi connectivity index (χ2v) is 1.66. The normalized spacial score (nSPS) is 10.0. The molecular formula is C3H4Cl2F4. The minimum absolute atomic E-state index is 0.194. The van der Waals surface area contributed by atoms with Gasteiger partial charge >= 0.3 is 6.18 Å². The summed E-state index contributed by atoms with van der Waals surface area (Å²) in [4.78, 5) is 0. The monoisotopic (exact) mass is 186 g/mol. The van der Waals surface area contributed by atoms with Crippen LogP contribution >= 0.6 is 23.2 Å². The summed E-state index contributed by atoms with van der Waals surface area (Å²) in [6.45, 7) is -2.23. The van der Waals surface area contributed by atoms with Crippen molar-refractivity contribution in [2.24, 2.45) is 0 Å². The summed E-state index contributed by atoms with van der Waals surface area (Å²) in [6, 6.07) is 0. The standard InChI is InChI=1S/C2H2F4.CH2Cl2/c3-1-2(4,5)6;2-1-3/h1H2;1H2. The van der Waals surface area contributed by atoms with Crippen LogP contribution in [0.25, 0.3) is 0 Å². The summed E-state index contributed by atoms with van der Waals surface area (Å²) < 4.78 is 41.6. The van der Waals surface area contributed by atoms with Crippen molar-refractivity contribution in [3.05, 3.63) is 0 Å². The lowest BCUT2D eigenvalue weighted by Gasteiger charge is -1.93. The number of hydrogen-bond donors (Lipinski definition) is 0. The van der Waals surface area contributed by atoms with Gasteiger partial charge in [-0.3, -0.25) is 0 Å². The van der Waals surface area contributed by atoms with E-state index in [9.17, 15) is 17.6 Å². The number of rotatable bonds is 0. The Morgan fingerprint density at radius 2 is 1.22 bits per heavy atom. The molecule has 0 aromatic carbocycles. The first-order valence-corrected chi connectivity index (χ1v) is 2.79. The summed E-state index contributed by atoms with van der Waals surface area (Å²) in [5.74, 6) is 0. The molecule has 0 bridgehead atoms. The Morgan fingerprint density at radius 3 is 1.22 bits per heavy atom. The first kappa shape index (κ1) is 12.0. The highest BCUT2D eigenvalue weighted by molar-refractivity contribution is 6.40. The van der Waals surface area contributed by atoms with Crippen LogP contribution in [-0.2, 0) is 0 Å². The maximum atomic E-state index is 10.4. The van der Waals surface area contributed by atoms with E-state index in [0.29, 0.717) is 0 Å². The molecule has 0 aromatic heterocycles. The SMILES string of the molecule is ClCCl.FCC(F)(F)F. The van der Waals surface area contributed by atoms with E-state index in [-0.39, 0.29) is 5.34 Å². The fourth-order valence-corrected chi connectivity index (χ4v) is 0. The molecule has 0 unspecified atom stereocenters. The molecule has 0 aliphatic carbocycles. The summed E-state index contributed by atoms with van der Waals surface area (Å²) in [5.41, 5.74) is 0. The van der Waals surface area contributed by atoms with Crippen molar-refractivity contribution in [2.45, 2.75) is 6.18 Å². The molecule has 0 saturated carbocycles. The van der Waals surface area contributed by atoms with E-state index in [2.05, 4.69) is 0 Å². The van der Waals surface area contributed by atoms with Gasteiger partial charge in [0.25, 0.3) is 0 Å². The predicted molar refractivity (Wildman–Crippen MR) is 28.6 cm³/mol. The van der Waals surface area contributed by atoms with Crippen LogP contribution in [0.15, 0.2) is 0 Å². The first-order valence-electron chi connectivity index (χ1n) is 1.72. The molecule has 0 saturated heterocycles. The minimum Gasteiger partial charge on any atom is -0.241 e. The topological polar surface area (TPSA) is 0 Å². The average molecular weight is 187 g/mol. The van der Waals surface area contributed by atoms with Gasteiger partial charge in [0.1, 0.15) is 0 Å². The third kappa shape index (κ3) is 30.3. The number of halogens is 6. The highest BCUT2D eigenvalue weighted by Crippen LogP contribution is 2.13. The lowest BCUT2D eigenvalue weighted by Crippen LogP contribution is -2.08. The molecule has 0 atom stereocenters. The molecule has 0 radical (unpaired) electrons. The van der Waals surface area contributed by atoms with Gasteiger partial charge in [0.2, 0.25) is 0 Å². The number of alkyl halides is 6. The van der Waals surface area contributed by atoms with Gasteiger partial charge in [-0.15, -0.1) is 23.2 Å². The van der Waals surface area contributed by atoms with Crippen LogP contribution in [0.5, 0.6) is 0 Å². The van der Waals surface area contributed by atoms with Crippen molar-refractivity contribution in [3.63, 3.8) is 0 Å². The second kappa shape index (κ2) is 6.42. The zero-order chi connectivity index (χ0) is 7.91. The van der Waals surface area contributed by atoms with E-state index in [0.717, 1.165) is 0 Å². The van der Waals surface area contributed by atoms with Gasteiger partial charge in [-0.1, -0.05) is 0 Å². The molecule has 0 fully saturated rings. The Labute approximate surface area is 59.7 Å². The van der Waals surface area contributed by atoms with Crippen LogP contribution in [0.4, 0.5) is 17.6 Å². The van der Waals surface area contributed by atoms with E-state index in [1.807, 2.05) is 0 Å². The third-order valence-electron chi connectivity index (χ3n) is 0.152. The number of hydrogen-bond acceptors (Lipinski definition) is 0. The summed E-state index contributed by atoms with van der Waals surface area (Å²) >= 11 is 9.53. The lowest BCUT2D eigenvalue weighted by molar-refractivity contribution is -0.142. The van der Waals surface area contributed by atoms with E-state index in [1.54, 1.807) is 0 Å². The smallest absolute Gasteiger partial charge is 0.241 e. The molecule has 0 spiro atoms. The Bertz CT molecular complexity index is 52.3. The molecular weight excluding hydrogens is 183 g/mol. The summed E-state index contributed by atoms with van der Waals surface area (Å²) in [7, 11) is 0. The van der Waals surface area contributed by atoms with Crippen LogP contribution in [0.1, 0.15) is 0 Å². The van der Waals surface area contributed by atoms with Crippen molar-refractivity contribution < 1.29 is 17.6 Å². The zero-order valence-corrected chi connectivity index (χ0v) is 5.69. The highest BCUT2D eigenvalue weighted by Gasteiger charge is 2.26. The quantitative estimate of drug-likeness (QED) is 0.404. The van der Waals surface area contributed by atoms with E-state index >= 15 is 0 Å². The van der Waals surface area contributed by atoms with Gasteiger partial charge in [-0.25, -0.2) is 4.39 Å². The van der Waals surface area contributed by atoms with E-state index < -0.39 is 12.9 Å². The Hall–Kier alpha value is 0.300. The lowest BCUT2D eigenvalue weighted by atomic mass is 10.8. The molecule has 0 aromatic rings. The van der Waals surface area contributed by atoms with Crippen LogP contribution in [0.3, 0.4) is 0 Å². The van der Waals surface area contributed by atoms with Gasteiger partial charge in [0, 0.05) is 0 Å². The zero-order valence-electron chi connectivity index (χ0n) is 4.18. The average Bonchev–Trinajstić information content (AvgIpc) is 1.67. The Kier molecular flexibility index (Phi) is 8.58. The fraction of sp³-hybridized carbons (Fsp3) is 1.00. The maximum absolute atomic E-state index is 10.4. The maximum Gasteiger partial charge on any atom is 0.416 e. The van der Waals surface area contributed by atoms with Crippen LogP contribution in [0.2, 0.25) is 0 Å². The van der Waals surface area contributed by atoms with Crippen molar-refractivity contribution in [1.29, 1.82) is 0 Å². The molecule has 0 rings (SSSR count). The van der Waals surface area contributed by atoms with Crippen molar-refractivity contribution in [1.82, 2.24) is 0 Å². The molecule has 0 heterocycles. The van der Waals surface area contributed by atoms with Gasteiger partial charge in [0.15, 0.2) is 6.67 Å². The molecule has 58 valence electrons. The van der Waals surface area contributed by atoms with Gasteiger partial charge in [-0.2, -0.15) is 13.2 Å². The molecule has 0 aliphatic heterocycles. The van der Waals surface area contributed by atoms with Gasteiger partial charge in [-0.05, 0) is 0 Å². The fourth-order valence-electron chi connectivity index (χ4n) is 0. The first-order chi connectivity index (χ1) is 3.97. The summed E-state index contributed by atoms with van der Waals surface area (Å²) in [6.07, 6.45) is -4.62. The second-order valence-electron chi connectivity index (χ2n) is 0.850. The molecule has 9 heavy (non-hydrogen) atoms. The van der Waals surface area contributed by atoms with Crippen molar-refractivity contribution in [2.75, 3.05) is 12.0 Å². The Balaban J connectivity index is 0.